The van der Waals surface area contributed by atoms with Crippen LogP contribution in [-0.2, 0) is 13.1 Å². The number of hydrogen-bond acceptors (Lipinski definition) is 1. The molecule has 3 heteroatoms. The lowest BCUT2D eigenvalue weighted by Crippen LogP contribution is -2.04. The highest BCUT2D eigenvalue weighted by atomic mass is 19.1. The Bertz CT molecular complexity index is 462. The van der Waals surface area contributed by atoms with Crippen LogP contribution in [0.1, 0.15) is 11.1 Å². The zero-order valence-electron chi connectivity index (χ0n) is 9.28. The number of nitrogens with one attached hydrogen (secondary N) is 1. The molecule has 0 bridgehead atoms. The van der Waals surface area contributed by atoms with Crippen LogP contribution >= 0.6 is 0 Å². The summed E-state index contributed by atoms with van der Waals surface area (Å²) < 4.78 is 15.0. The van der Waals surface area contributed by atoms with Crippen LogP contribution in [0.15, 0.2) is 42.7 Å². The van der Waals surface area contributed by atoms with E-state index < -0.39 is 0 Å². The Morgan fingerprint density at radius 3 is 2.88 bits per heavy atom. The van der Waals surface area contributed by atoms with Gasteiger partial charge in [-0.1, -0.05) is 12.1 Å². The molecule has 0 radical (unpaired) electrons. The normalized spacial score (nSPS) is 10.6. The van der Waals surface area contributed by atoms with Crippen molar-refractivity contribution in [2.45, 2.75) is 13.1 Å². The maximum atomic E-state index is 13.0. The van der Waals surface area contributed by atoms with Crippen molar-refractivity contribution in [1.29, 1.82) is 0 Å². The van der Waals surface area contributed by atoms with Crippen LogP contribution in [0, 0.1) is 5.82 Å². The number of aromatic nitrogens is 1. The van der Waals surface area contributed by atoms with Gasteiger partial charge in [-0.2, -0.15) is 0 Å². The molecule has 0 fully saturated rings. The minimum Gasteiger partial charge on any atom is -0.350 e. The highest BCUT2D eigenvalue weighted by Gasteiger charge is 1.98. The summed E-state index contributed by atoms with van der Waals surface area (Å²) in [5, 5.41) is 3.10. The van der Waals surface area contributed by atoms with Gasteiger partial charge in [-0.25, -0.2) is 4.39 Å². The van der Waals surface area contributed by atoms with Crippen molar-refractivity contribution in [3.63, 3.8) is 0 Å². The van der Waals surface area contributed by atoms with Gasteiger partial charge in [0.1, 0.15) is 5.82 Å². The summed E-state index contributed by atoms with van der Waals surface area (Å²) >= 11 is 0. The smallest absolute Gasteiger partial charge is 0.123 e. The standard InChI is InChI=1S/C13H15FN2/c1-15-8-12-5-6-16(10-12)9-11-3-2-4-13(14)7-11/h2-7,10,15H,8-9H2,1H3. The fraction of sp³-hybridized carbons (Fsp3) is 0.231. The summed E-state index contributed by atoms with van der Waals surface area (Å²) in [6.45, 7) is 1.57. The molecule has 84 valence electrons. The first-order chi connectivity index (χ1) is 7.78. The second-order valence-corrected chi connectivity index (χ2v) is 3.85. The highest BCUT2D eigenvalue weighted by molar-refractivity contribution is 5.18. The minimum atomic E-state index is -0.180. The Labute approximate surface area is 94.7 Å². The second-order valence-electron chi connectivity index (χ2n) is 3.85. The van der Waals surface area contributed by atoms with Crippen molar-refractivity contribution in [3.8, 4) is 0 Å². The molecule has 2 nitrogen and oxygen atoms in total. The fourth-order valence-electron chi connectivity index (χ4n) is 1.74. The van der Waals surface area contributed by atoms with Gasteiger partial charge in [-0.3, -0.25) is 0 Å². The summed E-state index contributed by atoms with van der Waals surface area (Å²) in [4.78, 5) is 0. The van der Waals surface area contributed by atoms with E-state index in [1.807, 2.05) is 19.3 Å². The summed E-state index contributed by atoms with van der Waals surface area (Å²) in [5.74, 6) is -0.180. The topological polar surface area (TPSA) is 17.0 Å². The summed E-state index contributed by atoms with van der Waals surface area (Å²) in [7, 11) is 1.92. The maximum Gasteiger partial charge on any atom is 0.123 e. The van der Waals surface area contributed by atoms with Gasteiger partial charge in [0.05, 0.1) is 0 Å². The van der Waals surface area contributed by atoms with Crippen molar-refractivity contribution in [2.24, 2.45) is 0 Å². The number of hydrogen-bond donors (Lipinski definition) is 1. The quantitative estimate of drug-likeness (QED) is 0.833. The molecule has 1 heterocycles. The van der Waals surface area contributed by atoms with E-state index in [-0.39, 0.29) is 5.82 Å². The van der Waals surface area contributed by atoms with Gasteiger partial charge in [-0.15, -0.1) is 0 Å². The summed E-state index contributed by atoms with van der Waals surface area (Å²) in [6.07, 6.45) is 4.08. The monoisotopic (exact) mass is 218 g/mol. The first kappa shape index (κ1) is 10.9. The molecule has 0 saturated carbocycles. The Morgan fingerprint density at radius 2 is 2.12 bits per heavy atom. The van der Waals surface area contributed by atoms with Gasteiger partial charge in [0.15, 0.2) is 0 Å². The first-order valence-corrected chi connectivity index (χ1v) is 5.31. The maximum absolute atomic E-state index is 13.0. The number of rotatable bonds is 4. The van der Waals surface area contributed by atoms with E-state index in [4.69, 9.17) is 0 Å². The molecule has 2 rings (SSSR count). The van der Waals surface area contributed by atoms with Gasteiger partial charge >= 0.3 is 0 Å². The molecule has 0 atom stereocenters. The van der Waals surface area contributed by atoms with E-state index in [0.717, 1.165) is 12.1 Å². The van der Waals surface area contributed by atoms with Crippen LogP contribution < -0.4 is 5.32 Å². The molecule has 1 aromatic heterocycles. The van der Waals surface area contributed by atoms with Crippen LogP contribution in [0.4, 0.5) is 4.39 Å². The Morgan fingerprint density at radius 1 is 1.25 bits per heavy atom. The van der Waals surface area contributed by atoms with Gasteiger partial charge in [0.25, 0.3) is 0 Å². The molecular formula is C13H15FN2. The van der Waals surface area contributed by atoms with Gasteiger partial charge in [-0.05, 0) is 36.4 Å². The molecule has 0 unspecified atom stereocenters. The molecule has 0 saturated heterocycles. The zero-order chi connectivity index (χ0) is 11.4. The molecular weight excluding hydrogens is 203 g/mol. The average molecular weight is 218 g/mol. The zero-order valence-corrected chi connectivity index (χ0v) is 9.28. The fourth-order valence-corrected chi connectivity index (χ4v) is 1.74. The average Bonchev–Trinajstić information content (AvgIpc) is 2.66. The number of halogens is 1. The SMILES string of the molecule is CNCc1ccn(Cc2cccc(F)c2)c1. The molecule has 0 amide bonds. The number of benzene rings is 1. The lowest BCUT2D eigenvalue weighted by molar-refractivity contribution is 0.623. The third-order valence-electron chi connectivity index (χ3n) is 2.45. The molecule has 2 aromatic rings. The van der Waals surface area contributed by atoms with Crippen LogP contribution in [-0.4, -0.2) is 11.6 Å². The van der Waals surface area contributed by atoms with Crippen LogP contribution in [0.5, 0.6) is 0 Å². The van der Waals surface area contributed by atoms with Crippen molar-refractivity contribution in [3.05, 3.63) is 59.7 Å². The predicted molar refractivity (Wildman–Crippen MR) is 62.7 cm³/mol. The third-order valence-corrected chi connectivity index (χ3v) is 2.45. The lowest BCUT2D eigenvalue weighted by atomic mass is 10.2. The van der Waals surface area contributed by atoms with Crippen molar-refractivity contribution in [1.82, 2.24) is 9.88 Å². The largest absolute Gasteiger partial charge is 0.350 e. The van der Waals surface area contributed by atoms with Crippen molar-refractivity contribution < 1.29 is 4.39 Å². The molecule has 0 aliphatic carbocycles. The Hall–Kier alpha value is -1.61. The second kappa shape index (κ2) is 4.94. The third kappa shape index (κ3) is 2.70. The van der Waals surface area contributed by atoms with Gasteiger partial charge < -0.3 is 9.88 Å². The van der Waals surface area contributed by atoms with E-state index in [9.17, 15) is 4.39 Å². The van der Waals surface area contributed by atoms with Gasteiger partial charge in [0, 0.05) is 25.5 Å². The van der Waals surface area contributed by atoms with Crippen molar-refractivity contribution in [2.75, 3.05) is 7.05 Å². The summed E-state index contributed by atoms with van der Waals surface area (Å²) in [5.41, 5.74) is 2.21. The van der Waals surface area contributed by atoms with Crippen LogP contribution in [0.25, 0.3) is 0 Å². The first-order valence-electron chi connectivity index (χ1n) is 5.31. The van der Waals surface area contributed by atoms with Crippen molar-refractivity contribution >= 4 is 0 Å². The molecule has 0 aliphatic heterocycles. The molecule has 1 N–H and O–H groups in total. The number of nitrogens with zero attached hydrogens (tertiary/aromatic N) is 1. The summed E-state index contributed by atoms with van der Waals surface area (Å²) in [6, 6.07) is 8.77. The lowest BCUT2D eigenvalue weighted by Gasteiger charge is -2.03. The Kier molecular flexibility index (Phi) is 3.37. The molecule has 1 aromatic carbocycles. The molecule has 0 aliphatic rings. The van der Waals surface area contributed by atoms with E-state index >= 15 is 0 Å². The van der Waals surface area contributed by atoms with E-state index in [0.29, 0.717) is 6.54 Å². The van der Waals surface area contributed by atoms with Crippen LogP contribution in [0.3, 0.4) is 0 Å². The van der Waals surface area contributed by atoms with E-state index in [1.165, 1.54) is 11.6 Å². The highest BCUT2D eigenvalue weighted by Crippen LogP contribution is 2.08. The van der Waals surface area contributed by atoms with Crippen LogP contribution in [0.2, 0.25) is 0 Å². The van der Waals surface area contributed by atoms with Gasteiger partial charge in [0.2, 0.25) is 0 Å². The molecule has 0 spiro atoms. The predicted octanol–water partition coefficient (Wildman–Crippen LogP) is 2.39. The molecule has 16 heavy (non-hydrogen) atoms. The Balaban J connectivity index is 2.08. The minimum absolute atomic E-state index is 0.180. The van der Waals surface area contributed by atoms with E-state index in [2.05, 4.69) is 22.1 Å². The van der Waals surface area contributed by atoms with E-state index in [1.54, 1.807) is 12.1 Å².